The molecule has 3 rings (SSSR count). The van der Waals surface area contributed by atoms with Gasteiger partial charge in [-0.25, -0.2) is 0 Å². The highest BCUT2D eigenvalue weighted by molar-refractivity contribution is 7.99. The number of carbonyl (C=O) groups excluding carboxylic acids is 2. The smallest absolute Gasteiger partial charge is 0.237 e. The molecule has 0 aliphatic heterocycles. The van der Waals surface area contributed by atoms with Crippen molar-refractivity contribution in [2.45, 2.75) is 18.5 Å². The molecule has 0 aliphatic rings. The Kier molecular flexibility index (Phi) is 5.75. The first-order valence-corrected chi connectivity index (χ1v) is 8.96. The zero-order chi connectivity index (χ0) is 18.4. The molecule has 0 radical (unpaired) electrons. The van der Waals surface area contributed by atoms with Gasteiger partial charge in [0.2, 0.25) is 17.0 Å². The van der Waals surface area contributed by atoms with Crippen LogP contribution in [0.4, 0.5) is 0 Å². The summed E-state index contributed by atoms with van der Waals surface area (Å²) < 4.78 is 1.58. The molecule has 8 heteroatoms. The normalized spacial score (nSPS) is 10.5. The Morgan fingerprint density at radius 3 is 2.54 bits per heavy atom. The largest absolute Gasteiger partial charge is 0.295 e. The first-order valence-electron chi connectivity index (χ1n) is 7.97. The number of thioether (sulfide) groups is 1. The Bertz CT molecular complexity index is 911. The molecule has 0 spiro atoms. The first kappa shape index (κ1) is 17.8. The SMILES string of the molecule is Cc1ccccc1-n1nnnc1SCC(=O)NC(=O)Cc1ccccc1. The number of para-hydroxylation sites is 1. The van der Waals surface area contributed by atoms with Crippen molar-refractivity contribution in [3.8, 4) is 5.69 Å². The number of nitrogens with zero attached hydrogens (tertiary/aromatic N) is 4. The van der Waals surface area contributed by atoms with Crippen LogP contribution in [0.15, 0.2) is 59.8 Å². The van der Waals surface area contributed by atoms with E-state index < -0.39 is 0 Å². The van der Waals surface area contributed by atoms with Crippen molar-refractivity contribution >= 4 is 23.6 Å². The van der Waals surface area contributed by atoms with Gasteiger partial charge < -0.3 is 0 Å². The molecule has 0 fully saturated rings. The zero-order valence-corrected chi connectivity index (χ0v) is 14.9. The van der Waals surface area contributed by atoms with Crippen molar-refractivity contribution < 1.29 is 9.59 Å². The third-order valence-electron chi connectivity index (χ3n) is 3.60. The molecule has 0 unspecified atom stereocenters. The Balaban J connectivity index is 1.56. The fourth-order valence-electron chi connectivity index (χ4n) is 2.37. The molecule has 0 atom stereocenters. The summed E-state index contributed by atoms with van der Waals surface area (Å²) in [5.74, 6) is -0.664. The number of hydrogen-bond donors (Lipinski definition) is 1. The summed E-state index contributed by atoms with van der Waals surface area (Å²) in [5, 5.41) is 14.5. The Hall–Kier alpha value is -3.00. The number of carbonyl (C=O) groups is 2. The number of nitrogens with one attached hydrogen (secondary N) is 1. The summed E-state index contributed by atoms with van der Waals surface area (Å²) >= 11 is 1.18. The van der Waals surface area contributed by atoms with Crippen molar-refractivity contribution in [1.29, 1.82) is 0 Å². The number of hydrogen-bond acceptors (Lipinski definition) is 6. The molecule has 3 aromatic rings. The molecular weight excluding hydrogens is 350 g/mol. The van der Waals surface area contributed by atoms with Crippen LogP contribution in [0.5, 0.6) is 0 Å². The van der Waals surface area contributed by atoms with Crippen molar-refractivity contribution in [3.63, 3.8) is 0 Å². The number of tetrazole rings is 1. The van der Waals surface area contributed by atoms with Crippen molar-refractivity contribution in [2.24, 2.45) is 0 Å². The molecule has 7 nitrogen and oxygen atoms in total. The van der Waals surface area contributed by atoms with Crippen LogP contribution in [0.1, 0.15) is 11.1 Å². The maximum Gasteiger partial charge on any atom is 0.237 e. The number of benzene rings is 2. The van der Waals surface area contributed by atoms with Gasteiger partial charge in [0.15, 0.2) is 0 Å². The lowest BCUT2D eigenvalue weighted by molar-refractivity contribution is -0.128. The molecular formula is C18H17N5O2S. The van der Waals surface area contributed by atoms with Crippen LogP contribution in [0, 0.1) is 6.92 Å². The van der Waals surface area contributed by atoms with E-state index in [2.05, 4.69) is 20.8 Å². The van der Waals surface area contributed by atoms with Crippen molar-refractivity contribution in [1.82, 2.24) is 25.5 Å². The van der Waals surface area contributed by atoms with E-state index in [1.54, 1.807) is 4.68 Å². The summed E-state index contributed by atoms with van der Waals surface area (Å²) in [5.41, 5.74) is 2.72. The minimum Gasteiger partial charge on any atom is -0.295 e. The molecule has 132 valence electrons. The molecule has 0 aliphatic carbocycles. The summed E-state index contributed by atoms with van der Waals surface area (Å²) in [6, 6.07) is 17.0. The third kappa shape index (κ3) is 4.54. The summed E-state index contributed by atoms with van der Waals surface area (Å²) in [6.45, 7) is 1.96. The minimum absolute atomic E-state index is 0.0484. The topological polar surface area (TPSA) is 89.8 Å². The number of aryl methyl sites for hydroxylation is 1. The molecule has 1 heterocycles. The van der Waals surface area contributed by atoms with Crippen LogP contribution in [0.3, 0.4) is 0 Å². The zero-order valence-electron chi connectivity index (χ0n) is 14.1. The average molecular weight is 367 g/mol. The summed E-state index contributed by atoms with van der Waals surface area (Å²) in [7, 11) is 0. The second-order valence-electron chi connectivity index (χ2n) is 5.58. The van der Waals surface area contributed by atoms with Crippen LogP contribution in [-0.4, -0.2) is 37.8 Å². The van der Waals surface area contributed by atoms with Crippen molar-refractivity contribution in [2.75, 3.05) is 5.75 Å². The van der Waals surface area contributed by atoms with E-state index in [0.29, 0.717) is 5.16 Å². The van der Waals surface area contributed by atoms with Gasteiger partial charge in [-0.2, -0.15) is 4.68 Å². The van der Waals surface area contributed by atoms with Crippen LogP contribution >= 0.6 is 11.8 Å². The maximum atomic E-state index is 12.0. The lowest BCUT2D eigenvalue weighted by Gasteiger charge is -2.07. The van der Waals surface area contributed by atoms with E-state index in [1.807, 2.05) is 61.5 Å². The van der Waals surface area contributed by atoms with Crippen molar-refractivity contribution in [3.05, 3.63) is 65.7 Å². The predicted molar refractivity (Wildman–Crippen MR) is 97.9 cm³/mol. The number of amides is 2. The maximum absolute atomic E-state index is 12.0. The second-order valence-corrected chi connectivity index (χ2v) is 6.52. The number of rotatable bonds is 6. The lowest BCUT2D eigenvalue weighted by atomic mass is 10.1. The Labute approximate surface area is 154 Å². The predicted octanol–water partition coefficient (Wildman–Crippen LogP) is 1.95. The van der Waals surface area contributed by atoms with Gasteiger partial charge in [0.1, 0.15) is 0 Å². The van der Waals surface area contributed by atoms with Crippen LogP contribution < -0.4 is 5.32 Å². The number of aromatic nitrogens is 4. The highest BCUT2D eigenvalue weighted by atomic mass is 32.2. The van der Waals surface area contributed by atoms with E-state index in [9.17, 15) is 9.59 Å². The van der Waals surface area contributed by atoms with Gasteiger partial charge in [0.05, 0.1) is 17.9 Å². The van der Waals surface area contributed by atoms with Gasteiger partial charge in [0, 0.05) is 0 Å². The van der Waals surface area contributed by atoms with E-state index in [0.717, 1.165) is 16.8 Å². The van der Waals surface area contributed by atoms with E-state index in [4.69, 9.17) is 0 Å². The standard InChI is InChI=1S/C18H17N5O2S/c1-13-7-5-6-10-15(13)23-18(20-21-22-23)26-12-17(25)19-16(24)11-14-8-3-2-4-9-14/h2-10H,11-12H2,1H3,(H,19,24,25). The Morgan fingerprint density at radius 2 is 1.77 bits per heavy atom. The van der Waals surface area contributed by atoms with E-state index in [-0.39, 0.29) is 24.0 Å². The van der Waals surface area contributed by atoms with Gasteiger partial charge in [0.25, 0.3) is 0 Å². The van der Waals surface area contributed by atoms with Gasteiger partial charge in [-0.3, -0.25) is 14.9 Å². The molecule has 26 heavy (non-hydrogen) atoms. The van der Waals surface area contributed by atoms with Gasteiger partial charge in [-0.05, 0) is 34.5 Å². The second kappa shape index (κ2) is 8.39. The third-order valence-corrected chi connectivity index (χ3v) is 4.52. The molecule has 0 saturated heterocycles. The van der Waals surface area contributed by atoms with Gasteiger partial charge in [-0.15, -0.1) is 5.10 Å². The molecule has 0 saturated carbocycles. The number of imide groups is 1. The molecule has 2 aromatic carbocycles. The van der Waals surface area contributed by atoms with Gasteiger partial charge in [-0.1, -0.05) is 60.3 Å². The molecule has 2 amide bonds. The fourth-order valence-corrected chi connectivity index (χ4v) is 3.05. The van der Waals surface area contributed by atoms with Crippen LogP contribution in [0.25, 0.3) is 5.69 Å². The van der Waals surface area contributed by atoms with Crippen LogP contribution in [0.2, 0.25) is 0 Å². The molecule has 0 bridgehead atoms. The molecule has 1 N–H and O–H groups in total. The monoisotopic (exact) mass is 367 g/mol. The fraction of sp³-hybridized carbons (Fsp3) is 0.167. The highest BCUT2D eigenvalue weighted by Crippen LogP contribution is 2.20. The quantitative estimate of drug-likeness (QED) is 0.670. The first-order chi connectivity index (χ1) is 12.6. The summed E-state index contributed by atoms with van der Waals surface area (Å²) in [4.78, 5) is 24.0. The Morgan fingerprint density at radius 1 is 1.04 bits per heavy atom. The lowest BCUT2D eigenvalue weighted by Crippen LogP contribution is -2.33. The average Bonchev–Trinajstić information content (AvgIpc) is 3.09. The molecule has 1 aromatic heterocycles. The van der Waals surface area contributed by atoms with E-state index >= 15 is 0 Å². The van der Waals surface area contributed by atoms with E-state index in [1.165, 1.54) is 11.8 Å². The minimum atomic E-state index is -0.379. The van der Waals surface area contributed by atoms with Crippen LogP contribution in [-0.2, 0) is 16.0 Å². The summed E-state index contributed by atoms with van der Waals surface area (Å²) in [6.07, 6.45) is 0.165. The highest BCUT2D eigenvalue weighted by Gasteiger charge is 2.14. The van der Waals surface area contributed by atoms with Gasteiger partial charge >= 0.3 is 0 Å².